The molecule has 33 heavy (non-hydrogen) atoms. The molecule has 4 rings (SSSR count). The second kappa shape index (κ2) is 8.52. The van der Waals surface area contributed by atoms with E-state index in [0.29, 0.717) is 18.7 Å². The highest BCUT2D eigenvalue weighted by molar-refractivity contribution is 6.16. The van der Waals surface area contributed by atoms with Gasteiger partial charge in [-0.1, -0.05) is 63.2 Å². The van der Waals surface area contributed by atoms with Gasteiger partial charge in [0.25, 0.3) is 5.91 Å². The number of hydrogen-bond donors (Lipinski definition) is 1. The van der Waals surface area contributed by atoms with E-state index in [0.717, 1.165) is 16.5 Å². The Balaban J connectivity index is 1.78. The van der Waals surface area contributed by atoms with Crippen LogP contribution in [-0.4, -0.2) is 53.8 Å². The molecule has 1 aliphatic heterocycles. The summed E-state index contributed by atoms with van der Waals surface area (Å²) in [6.07, 6.45) is 0. The molecule has 2 heterocycles. The second-order valence-corrected chi connectivity index (χ2v) is 9.82. The third-order valence-corrected chi connectivity index (χ3v) is 6.08. The van der Waals surface area contributed by atoms with Crippen molar-refractivity contribution in [2.75, 3.05) is 27.2 Å². The molecule has 0 aliphatic carbocycles. The van der Waals surface area contributed by atoms with Gasteiger partial charge in [-0.2, -0.15) is 0 Å². The van der Waals surface area contributed by atoms with Crippen LogP contribution in [-0.2, 0) is 10.2 Å². The van der Waals surface area contributed by atoms with Gasteiger partial charge in [0, 0.05) is 18.5 Å². The molecule has 1 atom stereocenters. The predicted molar refractivity (Wildman–Crippen MR) is 128 cm³/mol. The van der Waals surface area contributed by atoms with E-state index in [2.05, 4.69) is 20.8 Å². The van der Waals surface area contributed by atoms with Crippen LogP contribution in [0.25, 0.3) is 11.0 Å². The summed E-state index contributed by atoms with van der Waals surface area (Å²) in [5.74, 6) is -1.42. The van der Waals surface area contributed by atoms with E-state index < -0.39 is 23.5 Å². The van der Waals surface area contributed by atoms with Crippen molar-refractivity contribution in [2.24, 2.45) is 0 Å². The number of rotatable bonds is 6. The minimum absolute atomic E-state index is 0.0282. The van der Waals surface area contributed by atoms with Crippen molar-refractivity contribution in [1.82, 2.24) is 9.80 Å². The van der Waals surface area contributed by atoms with Gasteiger partial charge in [-0.25, -0.2) is 0 Å². The number of benzene rings is 2. The lowest BCUT2D eigenvalue weighted by Gasteiger charge is -2.28. The van der Waals surface area contributed by atoms with Gasteiger partial charge in [0.1, 0.15) is 5.58 Å². The molecule has 0 radical (unpaired) electrons. The Morgan fingerprint density at radius 2 is 1.76 bits per heavy atom. The van der Waals surface area contributed by atoms with Crippen LogP contribution in [0.15, 0.2) is 70.3 Å². The molecule has 6 nitrogen and oxygen atoms in total. The van der Waals surface area contributed by atoms with E-state index in [4.69, 9.17) is 4.42 Å². The molecule has 0 unspecified atom stereocenters. The number of carbonyl (C=O) groups is 2. The third-order valence-electron chi connectivity index (χ3n) is 6.08. The largest absolute Gasteiger partial charge is 0.503 e. The summed E-state index contributed by atoms with van der Waals surface area (Å²) in [6.45, 7) is 7.37. The Morgan fingerprint density at radius 3 is 2.36 bits per heavy atom. The molecule has 0 saturated carbocycles. The fourth-order valence-corrected chi connectivity index (χ4v) is 4.16. The van der Waals surface area contributed by atoms with Crippen molar-refractivity contribution in [1.29, 1.82) is 0 Å². The molecule has 0 bridgehead atoms. The number of fused-ring (bicyclic) bond motifs is 1. The first-order valence-corrected chi connectivity index (χ1v) is 11.1. The number of ketones is 1. The first-order chi connectivity index (χ1) is 15.6. The van der Waals surface area contributed by atoms with E-state index in [9.17, 15) is 14.7 Å². The molecular weight excluding hydrogens is 416 g/mol. The van der Waals surface area contributed by atoms with Crippen molar-refractivity contribution in [3.05, 3.63) is 82.8 Å². The average molecular weight is 447 g/mol. The van der Waals surface area contributed by atoms with Crippen LogP contribution in [0.3, 0.4) is 0 Å². The number of amides is 1. The van der Waals surface area contributed by atoms with Crippen molar-refractivity contribution >= 4 is 22.7 Å². The molecule has 172 valence electrons. The number of Topliss-reactive ketones (excluding diaryl/α,β-unsaturated/α-hetero) is 1. The summed E-state index contributed by atoms with van der Waals surface area (Å²) in [5.41, 5.74) is 2.54. The predicted octanol–water partition coefficient (Wildman–Crippen LogP) is 4.87. The van der Waals surface area contributed by atoms with Gasteiger partial charge in [0.05, 0.1) is 11.6 Å². The quantitative estimate of drug-likeness (QED) is 0.547. The normalized spacial score (nSPS) is 17.0. The van der Waals surface area contributed by atoms with Gasteiger partial charge in [-0.3, -0.25) is 9.59 Å². The van der Waals surface area contributed by atoms with Crippen LogP contribution in [0.5, 0.6) is 0 Å². The van der Waals surface area contributed by atoms with Crippen LogP contribution < -0.4 is 0 Å². The highest BCUT2D eigenvalue weighted by atomic mass is 16.3. The first-order valence-electron chi connectivity index (χ1n) is 11.1. The van der Waals surface area contributed by atoms with Gasteiger partial charge in [-0.15, -0.1) is 0 Å². The maximum absolute atomic E-state index is 13.6. The zero-order valence-corrected chi connectivity index (χ0v) is 19.8. The summed E-state index contributed by atoms with van der Waals surface area (Å²) >= 11 is 0. The maximum Gasteiger partial charge on any atom is 0.290 e. The zero-order chi connectivity index (χ0) is 23.9. The molecule has 1 N–H and O–H groups in total. The molecular formula is C27H30N2O4. The summed E-state index contributed by atoms with van der Waals surface area (Å²) in [5, 5.41) is 11.6. The minimum atomic E-state index is -0.688. The summed E-state index contributed by atoms with van der Waals surface area (Å²) in [4.78, 5) is 30.2. The lowest BCUT2D eigenvalue weighted by molar-refractivity contribution is -0.129. The Kier molecular flexibility index (Phi) is 5.89. The molecule has 2 aromatic carbocycles. The van der Waals surface area contributed by atoms with Crippen LogP contribution in [0.1, 0.15) is 48.5 Å². The van der Waals surface area contributed by atoms with E-state index in [1.54, 1.807) is 17.0 Å². The third kappa shape index (κ3) is 4.31. The average Bonchev–Trinajstić information content (AvgIpc) is 3.31. The van der Waals surface area contributed by atoms with Gasteiger partial charge < -0.3 is 19.3 Å². The lowest BCUT2D eigenvalue weighted by Crippen LogP contribution is -2.36. The monoisotopic (exact) mass is 446 g/mol. The molecule has 6 heteroatoms. The number of furan rings is 1. The van der Waals surface area contributed by atoms with Crippen LogP contribution >= 0.6 is 0 Å². The van der Waals surface area contributed by atoms with Crippen molar-refractivity contribution < 1.29 is 19.1 Å². The molecule has 1 aromatic heterocycles. The smallest absolute Gasteiger partial charge is 0.290 e. The van der Waals surface area contributed by atoms with Crippen LogP contribution in [0.2, 0.25) is 0 Å². The van der Waals surface area contributed by atoms with Crippen molar-refractivity contribution in [3.8, 4) is 0 Å². The van der Waals surface area contributed by atoms with Gasteiger partial charge in [0.15, 0.2) is 11.5 Å². The van der Waals surface area contributed by atoms with Crippen molar-refractivity contribution in [2.45, 2.75) is 32.2 Å². The van der Waals surface area contributed by atoms with E-state index >= 15 is 0 Å². The van der Waals surface area contributed by atoms with Gasteiger partial charge in [0.2, 0.25) is 5.78 Å². The molecule has 0 spiro atoms. The topological polar surface area (TPSA) is 74.0 Å². The van der Waals surface area contributed by atoms with Crippen LogP contribution in [0.4, 0.5) is 0 Å². The van der Waals surface area contributed by atoms with Gasteiger partial charge in [-0.05, 0) is 42.8 Å². The Hall–Kier alpha value is -3.38. The highest BCUT2D eigenvalue weighted by Gasteiger charge is 2.44. The number of para-hydroxylation sites is 1. The second-order valence-electron chi connectivity index (χ2n) is 9.82. The number of nitrogens with zero attached hydrogens (tertiary/aromatic N) is 2. The molecule has 0 saturated heterocycles. The Morgan fingerprint density at radius 1 is 1.09 bits per heavy atom. The molecule has 1 aliphatic rings. The van der Waals surface area contributed by atoms with E-state index in [1.807, 2.05) is 61.5 Å². The number of likely N-dealkylation sites (N-methyl/N-ethyl adjacent to an activating group) is 1. The minimum Gasteiger partial charge on any atom is -0.503 e. The lowest BCUT2D eigenvalue weighted by atomic mass is 9.85. The maximum atomic E-state index is 13.6. The summed E-state index contributed by atoms with van der Waals surface area (Å²) in [7, 11) is 3.84. The molecule has 0 fully saturated rings. The standard InChI is InChI=1S/C27H30N2O4/c1-27(2,3)19-12-10-17(11-13-19)23-22(25(31)26(32)29(23)15-14-28(4)5)24(30)21-16-18-8-6-7-9-20(18)33-21/h6-13,16,23,31H,14-15H2,1-5H3/t23-/m1/s1. The fraction of sp³-hybridized carbons (Fsp3) is 0.333. The van der Waals surface area contributed by atoms with E-state index in [1.165, 1.54) is 0 Å². The van der Waals surface area contributed by atoms with Crippen molar-refractivity contribution in [3.63, 3.8) is 0 Å². The summed E-state index contributed by atoms with van der Waals surface area (Å²) in [6, 6.07) is 16.2. The molecule has 3 aromatic rings. The Bertz CT molecular complexity index is 1200. The number of hydrogen-bond acceptors (Lipinski definition) is 5. The fourth-order valence-electron chi connectivity index (χ4n) is 4.16. The molecule has 1 amide bonds. The SMILES string of the molecule is CN(C)CCN1C(=O)C(O)=C(C(=O)c2cc3ccccc3o2)[C@H]1c1ccc(C(C)(C)C)cc1. The number of carbonyl (C=O) groups excluding carboxylic acids is 2. The number of aliphatic hydroxyl groups is 1. The Labute approximate surface area is 194 Å². The number of aliphatic hydroxyl groups excluding tert-OH is 1. The van der Waals surface area contributed by atoms with Gasteiger partial charge >= 0.3 is 0 Å². The first kappa shape index (κ1) is 22.8. The van der Waals surface area contributed by atoms with E-state index in [-0.39, 0.29) is 16.7 Å². The van der Waals surface area contributed by atoms with Crippen LogP contribution in [0, 0.1) is 0 Å². The zero-order valence-electron chi connectivity index (χ0n) is 19.8. The summed E-state index contributed by atoms with van der Waals surface area (Å²) < 4.78 is 5.77. The highest BCUT2D eigenvalue weighted by Crippen LogP contribution is 2.40.